The molecule has 0 fully saturated rings. The van der Waals surface area contributed by atoms with E-state index >= 15 is 0 Å². The van der Waals surface area contributed by atoms with Crippen LogP contribution in [-0.2, 0) is 14.1 Å². The van der Waals surface area contributed by atoms with Crippen LogP contribution in [0.15, 0.2) is 130 Å². The molecule has 52 heavy (non-hydrogen) atoms. The number of nitrogens with two attached hydrogens (primary N) is 2. The highest BCUT2D eigenvalue weighted by Crippen LogP contribution is 2.21. The number of rotatable bonds is 13. The zero-order valence-electron chi connectivity index (χ0n) is 29.3. The molecular weight excluding hydrogens is 878 g/mol. The summed E-state index contributed by atoms with van der Waals surface area (Å²) in [5.41, 5.74) is 26.3. The second-order valence-electron chi connectivity index (χ2n) is 12.0. The van der Waals surface area contributed by atoms with Gasteiger partial charge in [-0.05, 0) is 60.4 Å². The third-order valence-electron chi connectivity index (χ3n) is 8.50. The fraction of sp³-hybridized carbons (Fsp3) is 0.211. The third-order valence-corrected chi connectivity index (χ3v) is 8.50. The number of benzene rings is 2. The Labute approximate surface area is 338 Å². The van der Waals surface area contributed by atoms with Crippen LogP contribution in [-0.4, -0.2) is 46.6 Å². The molecule has 0 aliphatic heterocycles. The van der Waals surface area contributed by atoms with Crippen molar-refractivity contribution in [1.29, 1.82) is 0 Å². The van der Waals surface area contributed by atoms with Gasteiger partial charge in [0.05, 0.1) is 38.9 Å². The molecule has 0 bridgehead atoms. The SMILES string of the molecule is Cn1c(-c2ccc(/C=N/NC(N)=NCCCCCCN=C(N)N/N=C/c3ccc(-c4c[n+]5ccccc5n4C)cc3)cc2)c[n+]2ccccc12.I.[I-]. The van der Waals surface area contributed by atoms with E-state index in [4.69, 9.17) is 11.5 Å². The highest BCUT2D eigenvalue weighted by atomic mass is 127. The maximum absolute atomic E-state index is 5.98. The van der Waals surface area contributed by atoms with E-state index < -0.39 is 0 Å². The van der Waals surface area contributed by atoms with Gasteiger partial charge < -0.3 is 35.4 Å². The molecule has 0 saturated heterocycles. The van der Waals surface area contributed by atoms with Gasteiger partial charge >= 0.3 is 0 Å². The van der Waals surface area contributed by atoms with Gasteiger partial charge in [-0.3, -0.25) is 9.98 Å². The Balaban J connectivity index is 0.00000302. The normalized spacial score (nSPS) is 12.0. The van der Waals surface area contributed by atoms with E-state index in [1.54, 1.807) is 12.4 Å². The second kappa shape index (κ2) is 19.7. The van der Waals surface area contributed by atoms with E-state index in [0.717, 1.165) is 70.6 Å². The minimum absolute atomic E-state index is 0. The van der Waals surface area contributed by atoms with Gasteiger partial charge in [0.25, 0.3) is 11.3 Å². The van der Waals surface area contributed by atoms with Gasteiger partial charge in [0.2, 0.25) is 11.9 Å². The predicted molar refractivity (Wildman–Crippen MR) is 216 cm³/mol. The highest BCUT2D eigenvalue weighted by molar-refractivity contribution is 14.0. The molecule has 0 saturated carbocycles. The molecule has 0 atom stereocenters. The summed E-state index contributed by atoms with van der Waals surface area (Å²) in [4.78, 5) is 8.73. The lowest BCUT2D eigenvalue weighted by Gasteiger charge is -2.02. The molecular formula is C38H45I2N12+. The molecule has 4 aromatic heterocycles. The molecule has 0 radical (unpaired) electrons. The first kappa shape index (κ1) is 39.9. The largest absolute Gasteiger partial charge is 1.00 e. The lowest BCUT2D eigenvalue weighted by Crippen LogP contribution is -3.00. The Hall–Kier alpha value is -4.84. The first-order chi connectivity index (χ1) is 24.5. The zero-order chi connectivity index (χ0) is 34.7. The number of nitrogens with zero attached hydrogens (tertiary/aromatic N) is 8. The molecule has 0 amide bonds. The number of pyridine rings is 2. The summed E-state index contributed by atoms with van der Waals surface area (Å²) in [6.07, 6.45) is 15.7. The van der Waals surface area contributed by atoms with Crippen molar-refractivity contribution < 1.29 is 32.8 Å². The first-order valence-electron chi connectivity index (χ1n) is 16.8. The number of unbranched alkanes of at least 4 members (excludes halogenated alkanes) is 3. The Morgan fingerprint density at radius 1 is 0.615 bits per heavy atom. The molecule has 0 unspecified atom stereocenters. The van der Waals surface area contributed by atoms with Crippen molar-refractivity contribution >= 4 is 59.6 Å². The van der Waals surface area contributed by atoms with Gasteiger partial charge in [0.15, 0.2) is 11.4 Å². The third kappa shape index (κ3) is 10.4. The summed E-state index contributed by atoms with van der Waals surface area (Å²) in [5, 5.41) is 8.46. The molecule has 6 N–H and O–H groups in total. The van der Waals surface area contributed by atoms with Crippen molar-refractivity contribution in [3.8, 4) is 22.5 Å². The smallest absolute Gasteiger partial charge is 0.286 e. The van der Waals surface area contributed by atoms with Crippen molar-refractivity contribution in [3.63, 3.8) is 0 Å². The average molecular weight is 924 g/mol. The summed E-state index contributed by atoms with van der Waals surface area (Å²) >= 11 is 0. The lowest BCUT2D eigenvalue weighted by atomic mass is 10.1. The first-order valence-corrected chi connectivity index (χ1v) is 16.8. The van der Waals surface area contributed by atoms with Crippen LogP contribution < -0.4 is 55.1 Å². The topological polar surface area (TPSA) is 144 Å². The number of aryl methyl sites for hydroxylation is 2. The summed E-state index contributed by atoms with van der Waals surface area (Å²) in [7, 11) is 4.14. The van der Waals surface area contributed by atoms with E-state index in [9.17, 15) is 0 Å². The quantitative estimate of drug-likeness (QED) is 0.0349. The monoisotopic (exact) mass is 923 g/mol. The second-order valence-corrected chi connectivity index (χ2v) is 12.0. The zero-order valence-corrected chi connectivity index (χ0v) is 33.8. The van der Waals surface area contributed by atoms with Gasteiger partial charge in [-0.15, -0.1) is 24.0 Å². The lowest BCUT2D eigenvalue weighted by molar-refractivity contribution is -0.510. The Bertz CT molecular complexity index is 2010. The maximum Gasteiger partial charge on any atom is 0.286 e. The number of hydrazone groups is 2. The molecule has 14 heteroatoms. The van der Waals surface area contributed by atoms with E-state index in [-0.39, 0.29) is 48.0 Å². The van der Waals surface area contributed by atoms with Crippen molar-refractivity contribution in [3.05, 3.63) is 121 Å². The molecule has 12 nitrogen and oxygen atoms in total. The van der Waals surface area contributed by atoms with Crippen LogP contribution in [0.1, 0.15) is 36.8 Å². The molecule has 270 valence electrons. The van der Waals surface area contributed by atoms with Gasteiger partial charge in [-0.25, -0.2) is 28.8 Å². The predicted octanol–water partition coefficient (Wildman–Crippen LogP) is 1.53. The molecule has 0 aliphatic rings. The molecule has 6 rings (SSSR count). The maximum atomic E-state index is 5.98. The Kier molecular flexibility index (Phi) is 15.1. The van der Waals surface area contributed by atoms with Crippen molar-refractivity contribution in [2.24, 2.45) is 45.8 Å². The minimum atomic E-state index is 0. The summed E-state index contributed by atoms with van der Waals surface area (Å²) in [6, 6.07) is 28.8. The number of guanidine groups is 2. The van der Waals surface area contributed by atoms with Crippen molar-refractivity contribution in [1.82, 2.24) is 20.0 Å². The Morgan fingerprint density at radius 2 is 1.02 bits per heavy atom. The molecule has 0 aliphatic carbocycles. The van der Waals surface area contributed by atoms with E-state index in [0.29, 0.717) is 25.0 Å². The van der Waals surface area contributed by atoms with E-state index in [1.165, 1.54) is 0 Å². The standard InChI is InChI=1S/C38H44N12.2HI/c1-47-33(27-49-23-9-5-11-35(47)49)31-17-13-29(14-18-31)25-43-45-37(39)41-21-7-3-4-8-22-42-38(40)46-44-26-30-15-19-32(20-16-30)34-28-50-24-10-6-12-36(50)48(34)2;;/h5-6,9-20,23-28H,3-4,7-8,21-22H2,1-2H3,(H3,39,41,45)(H3,40,42,46);2*1H/q+2;;/p-1/b43-25+,44-26+;;. The number of aliphatic imine (C=N–C) groups is 2. The van der Waals surface area contributed by atoms with Gasteiger partial charge in [0, 0.05) is 36.3 Å². The molecule has 2 aromatic carbocycles. The van der Waals surface area contributed by atoms with Crippen molar-refractivity contribution in [2.75, 3.05) is 13.1 Å². The minimum Gasteiger partial charge on any atom is -1.00 e. The number of hydrogen-bond acceptors (Lipinski definition) is 4. The average Bonchev–Trinajstić information content (AvgIpc) is 3.66. The van der Waals surface area contributed by atoms with Gasteiger partial charge in [-0.1, -0.05) is 49.2 Å². The van der Waals surface area contributed by atoms with Crippen LogP contribution in [0.2, 0.25) is 0 Å². The van der Waals surface area contributed by atoms with E-state index in [1.807, 2.05) is 48.5 Å². The number of imidazole rings is 2. The summed E-state index contributed by atoms with van der Waals surface area (Å²) in [6.45, 7) is 1.27. The summed E-state index contributed by atoms with van der Waals surface area (Å²) < 4.78 is 8.59. The van der Waals surface area contributed by atoms with Crippen LogP contribution in [0.4, 0.5) is 0 Å². The van der Waals surface area contributed by atoms with Crippen LogP contribution in [0, 0.1) is 0 Å². The number of halogens is 2. The molecule has 6 aromatic rings. The van der Waals surface area contributed by atoms with Crippen LogP contribution in [0.25, 0.3) is 33.8 Å². The molecule has 0 spiro atoms. The van der Waals surface area contributed by atoms with Crippen molar-refractivity contribution in [2.45, 2.75) is 25.7 Å². The van der Waals surface area contributed by atoms with Crippen LogP contribution >= 0.6 is 24.0 Å². The number of aromatic nitrogens is 4. The van der Waals surface area contributed by atoms with Crippen LogP contribution in [0.3, 0.4) is 0 Å². The molecule has 4 heterocycles. The van der Waals surface area contributed by atoms with E-state index in [2.05, 4.69) is 124 Å². The van der Waals surface area contributed by atoms with Crippen LogP contribution in [0.5, 0.6) is 0 Å². The fourth-order valence-corrected chi connectivity index (χ4v) is 5.77. The summed E-state index contributed by atoms with van der Waals surface area (Å²) in [5.74, 6) is 0.600. The Morgan fingerprint density at radius 3 is 1.40 bits per heavy atom. The number of nitrogens with one attached hydrogen (secondary N) is 2. The fourth-order valence-electron chi connectivity index (χ4n) is 5.77. The van der Waals surface area contributed by atoms with Gasteiger partial charge in [0.1, 0.15) is 12.4 Å². The van der Waals surface area contributed by atoms with Gasteiger partial charge in [-0.2, -0.15) is 10.2 Å². The number of fused-ring (bicyclic) bond motifs is 2. The highest BCUT2D eigenvalue weighted by Gasteiger charge is 2.16. The number of hydrogen-bond donors (Lipinski definition) is 4.